The largest absolute Gasteiger partial charge is 0.465 e. The quantitative estimate of drug-likeness (QED) is 0.696. The van der Waals surface area contributed by atoms with Crippen molar-refractivity contribution in [2.45, 2.75) is 0 Å². The summed E-state index contributed by atoms with van der Waals surface area (Å²) in [6.07, 6.45) is 0. The molecule has 0 heterocycles. The van der Waals surface area contributed by atoms with Crippen molar-refractivity contribution in [3.05, 3.63) is 60.2 Å². The lowest BCUT2D eigenvalue weighted by Gasteiger charge is -2.21. The van der Waals surface area contributed by atoms with E-state index in [1.807, 2.05) is 48.3 Å². The highest BCUT2D eigenvalue weighted by molar-refractivity contribution is 7.80. The standard InChI is InChI=1S/C16H16N2O2S/c1-18(14-9-4-3-5-10-14)16(21)17-13-8-6-7-12(11-13)15(19)20-2/h3-11H,1-2H3,(H,17,21). The minimum atomic E-state index is -0.374. The second-order valence-electron chi connectivity index (χ2n) is 4.40. The van der Waals surface area contributed by atoms with E-state index in [2.05, 4.69) is 5.32 Å². The second kappa shape index (κ2) is 6.85. The number of benzene rings is 2. The normalized spacial score (nSPS) is 9.81. The number of hydrogen-bond acceptors (Lipinski definition) is 3. The van der Waals surface area contributed by atoms with Gasteiger partial charge in [0.25, 0.3) is 0 Å². The van der Waals surface area contributed by atoms with Crippen LogP contribution in [0.4, 0.5) is 11.4 Å². The maximum Gasteiger partial charge on any atom is 0.337 e. The van der Waals surface area contributed by atoms with E-state index in [1.54, 1.807) is 18.2 Å². The molecule has 0 bridgehead atoms. The Kier molecular flexibility index (Phi) is 4.90. The summed E-state index contributed by atoms with van der Waals surface area (Å²) in [6, 6.07) is 16.8. The first-order valence-corrected chi connectivity index (χ1v) is 6.81. The highest BCUT2D eigenvalue weighted by atomic mass is 32.1. The van der Waals surface area contributed by atoms with E-state index in [1.165, 1.54) is 7.11 Å². The average Bonchev–Trinajstić information content (AvgIpc) is 2.54. The summed E-state index contributed by atoms with van der Waals surface area (Å²) in [5.74, 6) is -0.374. The fourth-order valence-electron chi connectivity index (χ4n) is 1.82. The molecule has 21 heavy (non-hydrogen) atoms. The topological polar surface area (TPSA) is 41.6 Å². The van der Waals surface area contributed by atoms with Crippen LogP contribution in [0.3, 0.4) is 0 Å². The fourth-order valence-corrected chi connectivity index (χ4v) is 2.04. The molecule has 0 saturated carbocycles. The van der Waals surface area contributed by atoms with Crippen LogP contribution in [-0.2, 0) is 4.74 Å². The summed E-state index contributed by atoms with van der Waals surface area (Å²) in [5.41, 5.74) is 2.21. The molecule has 2 aromatic rings. The van der Waals surface area contributed by atoms with Gasteiger partial charge in [0.15, 0.2) is 5.11 Å². The maximum absolute atomic E-state index is 11.5. The summed E-state index contributed by atoms with van der Waals surface area (Å²) in [4.78, 5) is 13.4. The number of anilines is 2. The first kappa shape index (κ1) is 15.0. The smallest absolute Gasteiger partial charge is 0.337 e. The van der Waals surface area contributed by atoms with Crippen molar-refractivity contribution in [3.63, 3.8) is 0 Å². The number of rotatable bonds is 3. The van der Waals surface area contributed by atoms with Crippen LogP contribution in [0.1, 0.15) is 10.4 Å². The van der Waals surface area contributed by atoms with Crippen LogP contribution in [0.25, 0.3) is 0 Å². The number of hydrogen-bond donors (Lipinski definition) is 1. The predicted octanol–water partition coefficient (Wildman–Crippen LogP) is 3.31. The molecule has 0 amide bonds. The Labute approximate surface area is 129 Å². The van der Waals surface area contributed by atoms with Gasteiger partial charge in [-0.1, -0.05) is 24.3 Å². The van der Waals surface area contributed by atoms with Gasteiger partial charge in [-0.15, -0.1) is 0 Å². The molecule has 0 aromatic heterocycles. The molecule has 0 saturated heterocycles. The summed E-state index contributed by atoms with van der Waals surface area (Å²) < 4.78 is 4.70. The van der Waals surface area contributed by atoms with Gasteiger partial charge >= 0.3 is 5.97 Å². The fraction of sp³-hybridized carbons (Fsp3) is 0.125. The molecule has 0 aliphatic carbocycles. The minimum Gasteiger partial charge on any atom is -0.465 e. The molecule has 4 nitrogen and oxygen atoms in total. The summed E-state index contributed by atoms with van der Waals surface area (Å²) in [6.45, 7) is 0. The molecule has 0 aliphatic rings. The number of ether oxygens (including phenoxy) is 1. The van der Waals surface area contributed by atoms with E-state index >= 15 is 0 Å². The van der Waals surface area contributed by atoms with Crippen molar-refractivity contribution in [2.75, 3.05) is 24.4 Å². The van der Waals surface area contributed by atoms with E-state index in [9.17, 15) is 4.79 Å². The van der Waals surface area contributed by atoms with E-state index in [0.29, 0.717) is 10.7 Å². The van der Waals surface area contributed by atoms with Crippen LogP contribution in [0.15, 0.2) is 54.6 Å². The van der Waals surface area contributed by atoms with Gasteiger partial charge in [0, 0.05) is 18.4 Å². The molecule has 108 valence electrons. The summed E-state index contributed by atoms with van der Waals surface area (Å²) in [7, 11) is 3.24. The molecule has 1 N–H and O–H groups in total. The van der Waals surface area contributed by atoms with Gasteiger partial charge in [-0.05, 0) is 42.5 Å². The summed E-state index contributed by atoms with van der Waals surface area (Å²) >= 11 is 5.38. The Morgan fingerprint density at radius 3 is 2.52 bits per heavy atom. The van der Waals surface area contributed by atoms with E-state index < -0.39 is 0 Å². The first-order valence-electron chi connectivity index (χ1n) is 6.40. The molecule has 2 rings (SSSR count). The van der Waals surface area contributed by atoms with Gasteiger partial charge in [-0.2, -0.15) is 0 Å². The van der Waals surface area contributed by atoms with Gasteiger partial charge in [0.1, 0.15) is 0 Å². The number of nitrogens with one attached hydrogen (secondary N) is 1. The minimum absolute atomic E-state index is 0.374. The SMILES string of the molecule is COC(=O)c1cccc(NC(=S)N(C)c2ccccc2)c1. The van der Waals surface area contributed by atoms with E-state index in [4.69, 9.17) is 17.0 Å². The van der Waals surface area contributed by atoms with Crippen molar-refractivity contribution in [2.24, 2.45) is 0 Å². The molecule has 0 aliphatic heterocycles. The number of esters is 1. The molecule has 2 aromatic carbocycles. The third kappa shape index (κ3) is 3.79. The lowest BCUT2D eigenvalue weighted by molar-refractivity contribution is 0.0601. The van der Waals surface area contributed by atoms with Crippen molar-refractivity contribution in [1.82, 2.24) is 0 Å². The molecule has 0 spiro atoms. The van der Waals surface area contributed by atoms with Crippen molar-refractivity contribution >= 4 is 34.7 Å². The number of carbonyl (C=O) groups excluding carboxylic acids is 1. The summed E-state index contributed by atoms with van der Waals surface area (Å²) in [5, 5.41) is 3.65. The molecule has 0 atom stereocenters. The Morgan fingerprint density at radius 1 is 1.14 bits per heavy atom. The van der Waals surface area contributed by atoms with Crippen LogP contribution in [-0.4, -0.2) is 25.2 Å². The zero-order valence-corrected chi connectivity index (χ0v) is 12.7. The molecule has 5 heteroatoms. The maximum atomic E-state index is 11.5. The molecule has 0 fully saturated rings. The Hall–Kier alpha value is -2.40. The number of para-hydroxylation sites is 1. The van der Waals surface area contributed by atoms with Gasteiger partial charge in [-0.25, -0.2) is 4.79 Å². The van der Waals surface area contributed by atoms with Crippen LogP contribution in [0.2, 0.25) is 0 Å². The average molecular weight is 300 g/mol. The third-order valence-corrected chi connectivity index (χ3v) is 3.36. The highest BCUT2D eigenvalue weighted by Gasteiger charge is 2.09. The van der Waals surface area contributed by atoms with Gasteiger partial charge in [-0.3, -0.25) is 0 Å². The third-order valence-electron chi connectivity index (χ3n) is 2.98. The van der Waals surface area contributed by atoms with Crippen LogP contribution in [0.5, 0.6) is 0 Å². The number of nitrogens with zero attached hydrogens (tertiary/aromatic N) is 1. The lowest BCUT2D eigenvalue weighted by atomic mass is 10.2. The Balaban J connectivity index is 2.11. The number of methoxy groups -OCH3 is 1. The predicted molar refractivity (Wildman–Crippen MR) is 88.8 cm³/mol. The van der Waals surface area contributed by atoms with E-state index in [0.717, 1.165) is 11.4 Å². The zero-order chi connectivity index (χ0) is 15.2. The van der Waals surface area contributed by atoms with Crippen molar-refractivity contribution < 1.29 is 9.53 Å². The van der Waals surface area contributed by atoms with E-state index in [-0.39, 0.29) is 5.97 Å². The van der Waals surface area contributed by atoms with Crippen molar-refractivity contribution in [1.29, 1.82) is 0 Å². The van der Waals surface area contributed by atoms with Crippen LogP contribution < -0.4 is 10.2 Å². The first-order chi connectivity index (χ1) is 10.1. The molecule has 0 unspecified atom stereocenters. The number of thiocarbonyl (C=S) groups is 1. The zero-order valence-electron chi connectivity index (χ0n) is 11.9. The van der Waals surface area contributed by atoms with Crippen LogP contribution in [0, 0.1) is 0 Å². The van der Waals surface area contributed by atoms with Gasteiger partial charge in [0.05, 0.1) is 12.7 Å². The highest BCUT2D eigenvalue weighted by Crippen LogP contribution is 2.15. The van der Waals surface area contributed by atoms with Gasteiger partial charge < -0.3 is 15.0 Å². The second-order valence-corrected chi connectivity index (χ2v) is 4.78. The molecular formula is C16H16N2O2S. The molecule has 0 radical (unpaired) electrons. The van der Waals surface area contributed by atoms with Crippen LogP contribution >= 0.6 is 12.2 Å². The molecular weight excluding hydrogens is 284 g/mol. The van der Waals surface area contributed by atoms with Gasteiger partial charge in [0.2, 0.25) is 0 Å². The lowest BCUT2D eigenvalue weighted by Crippen LogP contribution is -2.30. The Bertz CT molecular complexity index is 644. The number of carbonyl (C=O) groups is 1. The van der Waals surface area contributed by atoms with Crippen molar-refractivity contribution in [3.8, 4) is 0 Å². The Morgan fingerprint density at radius 2 is 1.86 bits per heavy atom. The monoisotopic (exact) mass is 300 g/mol.